The molecule has 0 heterocycles. The molecule has 10 nitrogen and oxygen atoms in total. The van der Waals surface area contributed by atoms with Crippen molar-refractivity contribution in [2.24, 2.45) is 0 Å². The van der Waals surface area contributed by atoms with Crippen molar-refractivity contribution in [3.63, 3.8) is 0 Å². The SMILES string of the molecule is O.O.O=[N+]([O-])O.[Ag].[Cl][Pt+2][Cl].[NH-][C@@H]1CCCC[C@H]1[NH-].[NH-][C@@H]1CCCC[C@H]1[NH-].[Pt+2]. The quantitative estimate of drug-likeness (QED) is 0.215. The van der Waals surface area contributed by atoms with Crippen molar-refractivity contribution >= 4 is 18.8 Å². The topological polar surface area (TPSA) is 222 Å². The van der Waals surface area contributed by atoms with E-state index in [2.05, 4.69) is 0 Å². The second-order valence-electron chi connectivity index (χ2n) is 5.28. The zero-order valence-corrected chi connectivity index (χ0v) is 21.9. The molecule has 2 rings (SSSR count). The maximum atomic E-state index is 8.36. The third-order valence-electron chi connectivity index (χ3n) is 3.53. The number of halogens is 2. The van der Waals surface area contributed by atoms with Crippen LogP contribution in [-0.4, -0.2) is 45.4 Å². The van der Waals surface area contributed by atoms with Gasteiger partial charge in [-0.15, -0.1) is 10.1 Å². The number of hydrogen-bond donors (Lipinski definition) is 1. The molecular weight excluding hydrogens is 863 g/mol. The average Bonchev–Trinajstić information content (AvgIpc) is 2.46. The number of rotatable bonds is 0. The Morgan fingerprint density at radius 1 is 0.815 bits per heavy atom. The predicted octanol–water partition coefficient (Wildman–Crippen LogP) is 4.18. The summed E-state index contributed by atoms with van der Waals surface area (Å²) in [6.07, 6.45) is 8.49. The van der Waals surface area contributed by atoms with Gasteiger partial charge >= 0.3 is 56.4 Å². The Bertz CT molecular complexity index is 267. The second-order valence-corrected chi connectivity index (χ2v) is 8.56. The molecule has 0 aromatic rings. The molecule has 2 fully saturated rings. The van der Waals surface area contributed by atoms with E-state index in [4.69, 9.17) is 57.1 Å². The summed E-state index contributed by atoms with van der Waals surface area (Å²) in [5, 5.41) is 13.6. The molecule has 1 radical (unpaired) electrons. The fourth-order valence-electron chi connectivity index (χ4n) is 2.26. The Balaban J connectivity index is -0.0000000554. The average molecular weight is 892 g/mol. The molecule has 9 N–H and O–H groups in total. The van der Waals surface area contributed by atoms with Gasteiger partial charge in [-0.1, -0.05) is 51.4 Å². The molecule has 27 heavy (non-hydrogen) atoms. The summed E-state index contributed by atoms with van der Waals surface area (Å²) in [5.41, 5.74) is 29.2. The van der Waals surface area contributed by atoms with Crippen molar-refractivity contribution in [2.45, 2.75) is 75.5 Å². The summed E-state index contributed by atoms with van der Waals surface area (Å²) in [4.78, 5) is 8.36. The van der Waals surface area contributed by atoms with Gasteiger partial charge in [0.25, 0.3) is 5.09 Å². The Hall–Kier alpha value is 1.66. The smallest absolute Gasteiger partial charge is 0.676 e. The Kier molecular flexibility index (Phi) is 47.2. The van der Waals surface area contributed by atoms with Gasteiger partial charge in [-0.3, -0.25) is 0 Å². The molecule has 15 heteroatoms. The first-order chi connectivity index (χ1) is 10.8. The molecule has 0 spiro atoms. The fourth-order valence-corrected chi connectivity index (χ4v) is 2.26. The largest absolute Gasteiger partial charge is 2.00 e. The standard InChI is InChI=1S/2C6H12N2.Ag.2ClH.HNO3.2H2O.2Pt/c2*7-5-3-1-2-4-6(5)8;;;;2-1(3)4;;;;/h2*5-8H,1-4H2;;2*1H;(H,2,3,4);2*1H2;;/q2*-2;;;;;;;+2;+4/p-2/t2*5-,6-;;;;;;;;/m11......../s1. The van der Waals surface area contributed by atoms with Crippen LogP contribution in [0.1, 0.15) is 51.4 Å². The van der Waals surface area contributed by atoms with E-state index in [9.17, 15) is 0 Å². The predicted molar refractivity (Wildman–Crippen MR) is 97.1 cm³/mol. The van der Waals surface area contributed by atoms with Crippen molar-refractivity contribution < 1.29 is 81.2 Å². The van der Waals surface area contributed by atoms with Crippen LogP contribution in [0.4, 0.5) is 0 Å². The van der Waals surface area contributed by atoms with Crippen LogP contribution in [0.15, 0.2) is 0 Å². The van der Waals surface area contributed by atoms with Gasteiger partial charge in [0.2, 0.25) is 0 Å². The molecule has 2 aliphatic carbocycles. The number of nitrogens with one attached hydrogen (secondary N) is 4. The van der Waals surface area contributed by atoms with Crippen LogP contribution >= 0.6 is 18.8 Å². The third kappa shape index (κ3) is 32.5. The zero-order valence-electron chi connectivity index (χ0n) is 14.4. The third-order valence-corrected chi connectivity index (χ3v) is 3.53. The minimum atomic E-state index is -1.50. The Labute approximate surface area is 207 Å². The number of nitrogens with zero attached hydrogens (tertiary/aromatic N) is 1. The molecule has 4 atom stereocenters. The molecule has 177 valence electrons. The van der Waals surface area contributed by atoms with Gasteiger partial charge in [0.05, 0.1) is 0 Å². The maximum absolute atomic E-state index is 8.36. The van der Waals surface area contributed by atoms with E-state index in [1.165, 1.54) is 25.7 Å². The van der Waals surface area contributed by atoms with Crippen molar-refractivity contribution in [2.75, 3.05) is 0 Å². The molecule has 2 aliphatic rings. The minimum absolute atomic E-state index is 0. The molecule has 0 aromatic carbocycles. The Morgan fingerprint density at radius 2 is 0.926 bits per heavy atom. The molecule has 0 saturated heterocycles. The first kappa shape index (κ1) is 42.7. The Morgan fingerprint density at radius 3 is 1.00 bits per heavy atom. The van der Waals surface area contributed by atoms with E-state index in [1.54, 1.807) is 0 Å². The van der Waals surface area contributed by atoms with Crippen molar-refractivity contribution in [3.05, 3.63) is 33.0 Å². The van der Waals surface area contributed by atoms with Gasteiger partial charge in [0.15, 0.2) is 0 Å². The molecule has 0 aliphatic heterocycles. The van der Waals surface area contributed by atoms with Crippen LogP contribution in [0.5, 0.6) is 0 Å². The van der Waals surface area contributed by atoms with Crippen LogP contribution in [0, 0.1) is 10.1 Å². The van der Waals surface area contributed by atoms with E-state index in [0.29, 0.717) is 0 Å². The monoisotopic (exact) mass is 890 g/mol. The van der Waals surface area contributed by atoms with Gasteiger partial charge in [-0.2, -0.15) is 24.2 Å². The molecule has 0 amide bonds. The summed E-state index contributed by atoms with van der Waals surface area (Å²) >= 11 is -0.472. The molecular formula is C12H29AgCl2N5O5Pt2. The van der Waals surface area contributed by atoms with Crippen molar-refractivity contribution in [1.82, 2.24) is 0 Å². The second kappa shape index (κ2) is 29.9. The summed E-state index contributed by atoms with van der Waals surface area (Å²) in [6.45, 7) is 0. The van der Waals surface area contributed by atoms with Crippen molar-refractivity contribution in [1.29, 1.82) is 0 Å². The zero-order chi connectivity index (χ0) is 18.3. The van der Waals surface area contributed by atoms with E-state index in [0.717, 1.165) is 25.7 Å². The van der Waals surface area contributed by atoms with Crippen LogP contribution in [0.25, 0.3) is 22.9 Å². The van der Waals surface area contributed by atoms with Gasteiger partial charge in [0.1, 0.15) is 0 Å². The first-order valence-electron chi connectivity index (χ1n) is 7.26. The van der Waals surface area contributed by atoms with Gasteiger partial charge < -0.3 is 39.1 Å². The fraction of sp³-hybridized carbons (Fsp3) is 1.00. The summed E-state index contributed by atoms with van der Waals surface area (Å²) < 4.78 is 0. The van der Waals surface area contributed by atoms with Crippen molar-refractivity contribution in [3.8, 4) is 0 Å². The van der Waals surface area contributed by atoms with Gasteiger partial charge in [-0.25, -0.2) is 0 Å². The summed E-state index contributed by atoms with van der Waals surface area (Å²) in [7, 11) is 9.75. The van der Waals surface area contributed by atoms with Gasteiger partial charge in [-0.05, 0) is 0 Å². The normalized spacial score (nSPS) is 25.3. The van der Waals surface area contributed by atoms with Crippen LogP contribution in [0.3, 0.4) is 0 Å². The molecule has 2 saturated carbocycles. The van der Waals surface area contributed by atoms with E-state index in [1.807, 2.05) is 0 Å². The minimum Gasteiger partial charge on any atom is -0.676 e. The first-order valence-corrected chi connectivity index (χ1v) is 12.9. The molecule has 0 unspecified atom stereocenters. The van der Waals surface area contributed by atoms with Gasteiger partial charge in [0, 0.05) is 22.4 Å². The van der Waals surface area contributed by atoms with Crippen LogP contribution in [-0.2, 0) is 59.9 Å². The van der Waals surface area contributed by atoms with Crippen LogP contribution < -0.4 is 0 Å². The summed E-state index contributed by atoms with van der Waals surface area (Å²) in [5.74, 6) is 0. The molecule has 0 bridgehead atoms. The van der Waals surface area contributed by atoms with Crippen LogP contribution in [0.2, 0.25) is 0 Å². The van der Waals surface area contributed by atoms with E-state index >= 15 is 0 Å². The maximum Gasteiger partial charge on any atom is 2.00 e. The number of hydrogen-bond acceptors (Lipinski definition) is 2. The molecule has 0 aromatic heterocycles. The van der Waals surface area contributed by atoms with E-state index < -0.39 is 21.6 Å². The van der Waals surface area contributed by atoms with E-state index in [-0.39, 0.29) is 78.6 Å². The summed E-state index contributed by atoms with van der Waals surface area (Å²) in [6, 6.07) is -0.319.